The Morgan fingerprint density at radius 2 is 1.75 bits per heavy atom. The number of nitrogens with one attached hydrogen (secondary N) is 1. The van der Waals surface area contributed by atoms with Gasteiger partial charge in [-0.2, -0.15) is 0 Å². The molecule has 0 aliphatic heterocycles. The van der Waals surface area contributed by atoms with Gasteiger partial charge in [-0.25, -0.2) is 4.39 Å². The van der Waals surface area contributed by atoms with E-state index in [4.69, 9.17) is 9.47 Å². The van der Waals surface area contributed by atoms with Crippen LogP contribution in [0.25, 0.3) is 0 Å². The lowest BCUT2D eigenvalue weighted by molar-refractivity contribution is -0.117. The molecule has 1 aliphatic rings. The third-order valence-corrected chi connectivity index (χ3v) is 4.41. The van der Waals surface area contributed by atoms with Crippen molar-refractivity contribution >= 4 is 11.6 Å². The molecule has 2 atom stereocenters. The van der Waals surface area contributed by atoms with Crippen LogP contribution in [0.5, 0.6) is 11.5 Å². The second-order valence-electron chi connectivity index (χ2n) is 6.01. The van der Waals surface area contributed by atoms with Crippen molar-refractivity contribution in [3.63, 3.8) is 0 Å². The molecule has 2 unspecified atom stereocenters. The van der Waals surface area contributed by atoms with Gasteiger partial charge in [0, 0.05) is 17.7 Å². The van der Waals surface area contributed by atoms with E-state index in [0.717, 1.165) is 17.5 Å². The van der Waals surface area contributed by atoms with Crippen molar-refractivity contribution < 1.29 is 18.7 Å². The Morgan fingerprint density at radius 3 is 2.38 bits per heavy atom. The number of anilines is 1. The highest BCUT2D eigenvalue weighted by atomic mass is 19.1. The standard InChI is InChI=1S/C19H20FNO3/c1-11-8-17(23-2)18(24-3)10-16(11)21-19(22)15-9-14(15)12-4-6-13(20)7-5-12/h4-8,10,14-15H,9H2,1-3H3,(H,21,22). The average molecular weight is 329 g/mol. The topological polar surface area (TPSA) is 47.6 Å². The predicted octanol–water partition coefficient (Wildman–Crippen LogP) is 3.89. The van der Waals surface area contributed by atoms with E-state index in [2.05, 4.69) is 5.32 Å². The first-order valence-corrected chi connectivity index (χ1v) is 7.82. The number of halogens is 1. The highest BCUT2D eigenvalue weighted by Gasteiger charge is 2.44. The van der Waals surface area contributed by atoms with E-state index in [9.17, 15) is 9.18 Å². The first-order valence-electron chi connectivity index (χ1n) is 7.82. The van der Waals surface area contributed by atoms with E-state index in [1.54, 1.807) is 32.4 Å². The van der Waals surface area contributed by atoms with E-state index in [-0.39, 0.29) is 23.6 Å². The van der Waals surface area contributed by atoms with Crippen LogP contribution in [0.2, 0.25) is 0 Å². The molecule has 5 heteroatoms. The summed E-state index contributed by atoms with van der Waals surface area (Å²) in [4.78, 5) is 12.5. The summed E-state index contributed by atoms with van der Waals surface area (Å²) in [5.41, 5.74) is 2.61. The van der Waals surface area contributed by atoms with Gasteiger partial charge in [0.1, 0.15) is 5.82 Å². The highest BCUT2D eigenvalue weighted by molar-refractivity contribution is 5.96. The fourth-order valence-corrected chi connectivity index (χ4v) is 2.90. The van der Waals surface area contributed by atoms with Crippen LogP contribution in [0.1, 0.15) is 23.5 Å². The number of methoxy groups -OCH3 is 2. The highest BCUT2D eigenvalue weighted by Crippen LogP contribution is 2.48. The second-order valence-corrected chi connectivity index (χ2v) is 6.01. The molecule has 2 aromatic carbocycles. The first kappa shape index (κ1) is 16.3. The molecule has 126 valence electrons. The summed E-state index contributed by atoms with van der Waals surface area (Å²) in [6.45, 7) is 1.90. The molecule has 1 N–H and O–H groups in total. The number of hydrogen-bond donors (Lipinski definition) is 1. The van der Waals surface area contributed by atoms with Crippen molar-refractivity contribution in [2.75, 3.05) is 19.5 Å². The molecule has 0 aromatic heterocycles. The number of ether oxygens (including phenoxy) is 2. The van der Waals surface area contributed by atoms with Gasteiger partial charge in [-0.3, -0.25) is 4.79 Å². The normalized spacial score (nSPS) is 18.8. The summed E-state index contributed by atoms with van der Waals surface area (Å²) in [6.07, 6.45) is 0.782. The maximum absolute atomic E-state index is 13.0. The van der Waals surface area contributed by atoms with Crippen LogP contribution in [0.4, 0.5) is 10.1 Å². The molecular weight excluding hydrogens is 309 g/mol. The van der Waals surface area contributed by atoms with Gasteiger partial charge in [0.15, 0.2) is 11.5 Å². The molecule has 0 radical (unpaired) electrons. The van der Waals surface area contributed by atoms with Crippen LogP contribution < -0.4 is 14.8 Å². The van der Waals surface area contributed by atoms with Crippen LogP contribution in [-0.4, -0.2) is 20.1 Å². The molecule has 0 saturated heterocycles. The van der Waals surface area contributed by atoms with Gasteiger partial charge >= 0.3 is 0 Å². The number of carbonyl (C=O) groups is 1. The summed E-state index contributed by atoms with van der Waals surface area (Å²) >= 11 is 0. The molecule has 1 saturated carbocycles. The van der Waals surface area contributed by atoms with Crippen molar-refractivity contribution in [3.8, 4) is 11.5 Å². The summed E-state index contributed by atoms with van der Waals surface area (Å²) in [7, 11) is 3.14. The second kappa shape index (κ2) is 6.51. The maximum Gasteiger partial charge on any atom is 0.228 e. The minimum absolute atomic E-state index is 0.0281. The lowest BCUT2D eigenvalue weighted by atomic mass is 10.1. The van der Waals surface area contributed by atoms with Gasteiger partial charge in [0.25, 0.3) is 0 Å². The number of rotatable bonds is 5. The number of amides is 1. The van der Waals surface area contributed by atoms with E-state index in [0.29, 0.717) is 17.2 Å². The van der Waals surface area contributed by atoms with Gasteiger partial charge in [-0.1, -0.05) is 12.1 Å². The summed E-state index contributed by atoms with van der Waals surface area (Å²) in [5.74, 6) is 0.989. The fourth-order valence-electron chi connectivity index (χ4n) is 2.90. The zero-order valence-electron chi connectivity index (χ0n) is 13.9. The predicted molar refractivity (Wildman–Crippen MR) is 90.2 cm³/mol. The number of hydrogen-bond acceptors (Lipinski definition) is 3. The monoisotopic (exact) mass is 329 g/mol. The van der Waals surface area contributed by atoms with Crippen LogP contribution in [0, 0.1) is 18.7 Å². The quantitative estimate of drug-likeness (QED) is 0.905. The molecular formula is C19H20FNO3. The van der Waals surface area contributed by atoms with Crippen LogP contribution in [-0.2, 0) is 4.79 Å². The molecule has 1 amide bonds. The molecule has 0 bridgehead atoms. The Balaban J connectivity index is 1.71. The van der Waals surface area contributed by atoms with Gasteiger partial charge < -0.3 is 14.8 Å². The summed E-state index contributed by atoms with van der Waals surface area (Å²) < 4.78 is 23.5. The first-order chi connectivity index (χ1) is 11.5. The van der Waals surface area contributed by atoms with Crippen molar-refractivity contribution in [2.45, 2.75) is 19.3 Å². The number of carbonyl (C=O) groups excluding carboxylic acids is 1. The molecule has 0 heterocycles. The molecule has 24 heavy (non-hydrogen) atoms. The average Bonchev–Trinajstić information content (AvgIpc) is 3.37. The Kier molecular flexibility index (Phi) is 4.42. The molecule has 3 rings (SSSR count). The maximum atomic E-state index is 13.0. The van der Waals surface area contributed by atoms with Crippen molar-refractivity contribution in [2.24, 2.45) is 5.92 Å². The lowest BCUT2D eigenvalue weighted by Gasteiger charge is -2.13. The third-order valence-electron chi connectivity index (χ3n) is 4.41. The molecule has 1 aliphatic carbocycles. The summed E-state index contributed by atoms with van der Waals surface area (Å²) in [5, 5.41) is 2.96. The third kappa shape index (κ3) is 3.20. The lowest BCUT2D eigenvalue weighted by Crippen LogP contribution is -2.15. The van der Waals surface area contributed by atoms with Crippen molar-refractivity contribution in [1.29, 1.82) is 0 Å². The number of aryl methyl sites for hydroxylation is 1. The Bertz CT molecular complexity index is 758. The Hall–Kier alpha value is -2.56. The van der Waals surface area contributed by atoms with E-state index in [1.807, 2.05) is 13.0 Å². The zero-order valence-corrected chi connectivity index (χ0v) is 13.9. The molecule has 4 nitrogen and oxygen atoms in total. The fraction of sp³-hybridized carbons (Fsp3) is 0.316. The minimum atomic E-state index is -0.263. The number of benzene rings is 2. The smallest absolute Gasteiger partial charge is 0.228 e. The Morgan fingerprint density at radius 1 is 1.12 bits per heavy atom. The van der Waals surface area contributed by atoms with Crippen LogP contribution >= 0.6 is 0 Å². The minimum Gasteiger partial charge on any atom is -0.493 e. The van der Waals surface area contributed by atoms with Crippen molar-refractivity contribution in [1.82, 2.24) is 0 Å². The van der Waals surface area contributed by atoms with Gasteiger partial charge in [0.05, 0.1) is 14.2 Å². The summed E-state index contributed by atoms with van der Waals surface area (Å²) in [6, 6.07) is 9.95. The van der Waals surface area contributed by atoms with Crippen molar-refractivity contribution in [3.05, 3.63) is 53.3 Å². The largest absolute Gasteiger partial charge is 0.493 e. The van der Waals surface area contributed by atoms with E-state index >= 15 is 0 Å². The van der Waals surface area contributed by atoms with Crippen LogP contribution in [0.3, 0.4) is 0 Å². The van der Waals surface area contributed by atoms with Gasteiger partial charge in [0.2, 0.25) is 5.91 Å². The van der Waals surface area contributed by atoms with E-state index < -0.39 is 0 Å². The zero-order chi connectivity index (χ0) is 17.3. The van der Waals surface area contributed by atoms with Crippen LogP contribution in [0.15, 0.2) is 36.4 Å². The van der Waals surface area contributed by atoms with Gasteiger partial charge in [-0.15, -0.1) is 0 Å². The molecule has 0 spiro atoms. The molecule has 2 aromatic rings. The van der Waals surface area contributed by atoms with Gasteiger partial charge in [-0.05, 0) is 48.6 Å². The SMILES string of the molecule is COc1cc(C)c(NC(=O)C2CC2c2ccc(F)cc2)cc1OC. The van der Waals surface area contributed by atoms with E-state index in [1.165, 1.54) is 12.1 Å². The molecule has 1 fully saturated rings. The Labute approximate surface area is 140 Å².